The number of thioether (sulfide) groups is 1. The van der Waals surface area contributed by atoms with Crippen LogP contribution in [0.4, 0.5) is 10.7 Å². The zero-order valence-corrected chi connectivity index (χ0v) is 14.6. The lowest BCUT2D eigenvalue weighted by Gasteiger charge is -2.12. The van der Waals surface area contributed by atoms with Crippen molar-refractivity contribution in [2.24, 2.45) is 0 Å². The Hall–Kier alpha value is -3.40. The number of benzene rings is 1. The van der Waals surface area contributed by atoms with E-state index in [-0.39, 0.29) is 18.8 Å². The molecule has 1 aliphatic rings. The largest absolute Gasteiger partial charge is 0.433 e. The molecule has 0 aliphatic carbocycles. The molecule has 1 aliphatic heterocycles. The third-order valence-corrected chi connectivity index (χ3v) is 4.49. The van der Waals surface area contributed by atoms with Gasteiger partial charge in [0, 0.05) is 13.1 Å². The van der Waals surface area contributed by atoms with Gasteiger partial charge < -0.3 is 9.73 Å². The maximum atomic E-state index is 12.4. The SMILES string of the molecule is O=C(NCCN1C(=O)S/C(=C/c2ccccc2)C1=O)c1ccc([N+](=O)[O-])o1. The van der Waals surface area contributed by atoms with Crippen molar-refractivity contribution in [2.75, 3.05) is 13.1 Å². The minimum absolute atomic E-state index is 0.00993. The molecule has 3 amide bonds. The summed E-state index contributed by atoms with van der Waals surface area (Å²) in [5.74, 6) is -1.87. The Morgan fingerprint density at radius 3 is 2.63 bits per heavy atom. The molecule has 3 rings (SSSR count). The van der Waals surface area contributed by atoms with E-state index in [0.29, 0.717) is 4.91 Å². The van der Waals surface area contributed by atoms with Gasteiger partial charge in [-0.15, -0.1) is 0 Å². The van der Waals surface area contributed by atoms with Crippen LogP contribution in [0.3, 0.4) is 0 Å². The van der Waals surface area contributed by atoms with Crippen LogP contribution in [-0.4, -0.2) is 40.0 Å². The van der Waals surface area contributed by atoms with Gasteiger partial charge in [0.1, 0.15) is 4.92 Å². The lowest BCUT2D eigenvalue weighted by Crippen LogP contribution is -2.37. The van der Waals surface area contributed by atoms with E-state index in [1.54, 1.807) is 6.08 Å². The van der Waals surface area contributed by atoms with Gasteiger partial charge in [-0.05, 0) is 29.5 Å². The molecule has 0 bridgehead atoms. The fourth-order valence-corrected chi connectivity index (χ4v) is 3.17. The number of rotatable bonds is 6. The first kappa shape index (κ1) is 18.4. The molecule has 1 saturated heterocycles. The Morgan fingerprint density at radius 2 is 1.96 bits per heavy atom. The molecule has 0 unspecified atom stereocenters. The third-order valence-electron chi connectivity index (χ3n) is 3.59. The Labute approximate surface area is 157 Å². The van der Waals surface area contributed by atoms with Crippen molar-refractivity contribution < 1.29 is 23.7 Å². The number of nitro groups is 1. The molecule has 2 heterocycles. The average Bonchev–Trinajstić information content (AvgIpc) is 3.24. The molecule has 1 fully saturated rings. The summed E-state index contributed by atoms with van der Waals surface area (Å²) in [6, 6.07) is 11.4. The van der Waals surface area contributed by atoms with Gasteiger partial charge in [0.15, 0.2) is 5.76 Å². The molecular weight excluding hydrogens is 374 g/mol. The summed E-state index contributed by atoms with van der Waals surface area (Å²) in [5, 5.41) is 12.6. The van der Waals surface area contributed by atoms with E-state index in [0.717, 1.165) is 28.3 Å². The first-order valence-corrected chi connectivity index (χ1v) is 8.60. The van der Waals surface area contributed by atoms with Crippen LogP contribution in [0.2, 0.25) is 0 Å². The van der Waals surface area contributed by atoms with Crippen LogP contribution in [0.5, 0.6) is 0 Å². The molecular formula is C17H13N3O6S. The van der Waals surface area contributed by atoms with Crippen molar-refractivity contribution in [1.29, 1.82) is 0 Å². The number of hydrogen-bond donors (Lipinski definition) is 1. The highest BCUT2D eigenvalue weighted by molar-refractivity contribution is 8.18. The predicted octanol–water partition coefficient (Wildman–Crippen LogP) is 2.65. The average molecular weight is 387 g/mol. The van der Waals surface area contributed by atoms with Crippen molar-refractivity contribution in [3.05, 3.63) is 68.8 Å². The van der Waals surface area contributed by atoms with E-state index in [9.17, 15) is 24.5 Å². The summed E-state index contributed by atoms with van der Waals surface area (Å²) < 4.78 is 4.78. The molecule has 10 heteroatoms. The van der Waals surface area contributed by atoms with Crippen LogP contribution >= 0.6 is 11.8 Å². The number of carbonyl (C=O) groups excluding carboxylic acids is 3. The molecule has 1 aromatic carbocycles. The van der Waals surface area contributed by atoms with Gasteiger partial charge in [-0.25, -0.2) is 0 Å². The summed E-state index contributed by atoms with van der Waals surface area (Å²) in [7, 11) is 0. The summed E-state index contributed by atoms with van der Waals surface area (Å²) in [5.41, 5.74) is 0.802. The number of furan rings is 1. The second kappa shape index (κ2) is 7.87. The topological polar surface area (TPSA) is 123 Å². The fraction of sp³-hybridized carbons (Fsp3) is 0.118. The van der Waals surface area contributed by atoms with Crippen LogP contribution in [-0.2, 0) is 4.79 Å². The lowest BCUT2D eigenvalue weighted by molar-refractivity contribution is -0.402. The summed E-state index contributed by atoms with van der Waals surface area (Å²) >= 11 is 0.831. The zero-order chi connectivity index (χ0) is 19.4. The highest BCUT2D eigenvalue weighted by atomic mass is 32.2. The molecule has 9 nitrogen and oxygen atoms in total. The van der Waals surface area contributed by atoms with Gasteiger partial charge in [0.25, 0.3) is 17.1 Å². The highest BCUT2D eigenvalue weighted by Gasteiger charge is 2.34. The molecule has 2 aromatic rings. The lowest BCUT2D eigenvalue weighted by atomic mass is 10.2. The van der Waals surface area contributed by atoms with Gasteiger partial charge in [0.05, 0.1) is 11.0 Å². The Kier molecular flexibility index (Phi) is 5.36. The number of imide groups is 1. The van der Waals surface area contributed by atoms with E-state index in [2.05, 4.69) is 5.32 Å². The smallest absolute Gasteiger partial charge is 0.395 e. The normalized spacial score (nSPS) is 15.4. The van der Waals surface area contributed by atoms with Crippen molar-refractivity contribution in [3.8, 4) is 0 Å². The van der Waals surface area contributed by atoms with Gasteiger partial charge >= 0.3 is 5.88 Å². The van der Waals surface area contributed by atoms with Gasteiger partial charge in [-0.3, -0.25) is 29.4 Å². The van der Waals surface area contributed by atoms with E-state index in [1.165, 1.54) is 6.07 Å². The summed E-state index contributed by atoms with van der Waals surface area (Å²) in [6.07, 6.45) is 1.63. The second-order valence-electron chi connectivity index (χ2n) is 5.39. The van der Waals surface area contributed by atoms with Gasteiger partial charge in [0.2, 0.25) is 0 Å². The maximum Gasteiger partial charge on any atom is 0.433 e. The van der Waals surface area contributed by atoms with Crippen molar-refractivity contribution in [1.82, 2.24) is 10.2 Å². The maximum absolute atomic E-state index is 12.4. The number of carbonyl (C=O) groups is 3. The Bertz CT molecular complexity index is 937. The third kappa shape index (κ3) is 4.23. The first-order chi connectivity index (χ1) is 13.0. The van der Waals surface area contributed by atoms with Crippen LogP contribution in [0, 0.1) is 10.1 Å². The number of hydrogen-bond acceptors (Lipinski definition) is 7. The number of nitrogens with one attached hydrogen (secondary N) is 1. The predicted molar refractivity (Wildman–Crippen MR) is 96.8 cm³/mol. The van der Waals surface area contributed by atoms with E-state index in [4.69, 9.17) is 4.42 Å². The standard InChI is InChI=1S/C17H13N3O6S/c21-15(12-6-7-14(26-12)20(24)25)18-8-9-19-16(22)13(27-17(19)23)10-11-4-2-1-3-5-11/h1-7,10H,8-9H2,(H,18,21)/b13-10+. The Morgan fingerprint density at radius 1 is 1.22 bits per heavy atom. The monoisotopic (exact) mass is 387 g/mol. The first-order valence-electron chi connectivity index (χ1n) is 7.78. The molecule has 1 N–H and O–H groups in total. The van der Waals surface area contributed by atoms with Gasteiger partial charge in [-0.1, -0.05) is 30.3 Å². The van der Waals surface area contributed by atoms with Crippen LogP contribution in [0.25, 0.3) is 6.08 Å². The van der Waals surface area contributed by atoms with Crippen molar-refractivity contribution >= 4 is 40.8 Å². The number of amides is 3. The molecule has 138 valence electrons. The molecule has 0 atom stereocenters. The second-order valence-corrected chi connectivity index (χ2v) is 6.39. The summed E-state index contributed by atoms with van der Waals surface area (Å²) in [4.78, 5) is 47.4. The van der Waals surface area contributed by atoms with Crippen molar-refractivity contribution in [3.63, 3.8) is 0 Å². The van der Waals surface area contributed by atoms with E-state index >= 15 is 0 Å². The molecule has 0 radical (unpaired) electrons. The van der Waals surface area contributed by atoms with Crippen molar-refractivity contribution in [2.45, 2.75) is 0 Å². The fourth-order valence-electron chi connectivity index (χ4n) is 2.31. The highest BCUT2D eigenvalue weighted by Crippen LogP contribution is 2.31. The molecule has 0 saturated carbocycles. The number of nitrogens with zero attached hydrogens (tertiary/aromatic N) is 2. The van der Waals surface area contributed by atoms with Crippen LogP contribution < -0.4 is 5.32 Å². The minimum atomic E-state index is -0.754. The quantitative estimate of drug-likeness (QED) is 0.459. The van der Waals surface area contributed by atoms with E-state index < -0.39 is 27.9 Å². The molecule has 0 spiro atoms. The molecule has 1 aromatic heterocycles. The molecule has 27 heavy (non-hydrogen) atoms. The van der Waals surface area contributed by atoms with Crippen LogP contribution in [0.1, 0.15) is 16.1 Å². The Balaban J connectivity index is 1.57. The van der Waals surface area contributed by atoms with Crippen LogP contribution in [0.15, 0.2) is 51.8 Å². The zero-order valence-electron chi connectivity index (χ0n) is 13.8. The minimum Gasteiger partial charge on any atom is -0.395 e. The summed E-state index contributed by atoms with van der Waals surface area (Å²) in [6.45, 7) is -0.0324. The van der Waals surface area contributed by atoms with Gasteiger partial charge in [-0.2, -0.15) is 0 Å². The van der Waals surface area contributed by atoms with E-state index in [1.807, 2.05) is 30.3 Å².